The van der Waals surface area contributed by atoms with E-state index >= 15 is 0 Å². The molecule has 1 aromatic rings. The monoisotopic (exact) mass is 235 g/mol. The second-order valence-electron chi connectivity index (χ2n) is 5.26. The molecule has 0 radical (unpaired) electrons. The van der Waals surface area contributed by atoms with Crippen LogP contribution < -0.4 is 5.73 Å². The minimum atomic E-state index is 0.418. The van der Waals surface area contributed by atoms with Gasteiger partial charge in [0.1, 0.15) is 5.82 Å². The molecule has 3 nitrogen and oxygen atoms in total. The lowest BCUT2D eigenvalue weighted by Crippen LogP contribution is -2.26. The maximum absolute atomic E-state index is 5.95. The van der Waals surface area contributed by atoms with Crippen molar-refractivity contribution in [1.29, 1.82) is 0 Å². The van der Waals surface area contributed by atoms with Crippen LogP contribution in [0.15, 0.2) is 0 Å². The van der Waals surface area contributed by atoms with Crippen LogP contribution in [-0.2, 0) is 12.8 Å². The molecule has 96 valence electrons. The summed E-state index contributed by atoms with van der Waals surface area (Å²) < 4.78 is 0. The molecule has 0 bridgehead atoms. The number of hydrogen-bond donors (Lipinski definition) is 2. The Balaban J connectivity index is 2.10. The van der Waals surface area contributed by atoms with E-state index in [1.165, 1.54) is 36.5 Å². The van der Waals surface area contributed by atoms with Crippen molar-refractivity contribution in [2.24, 2.45) is 5.73 Å². The number of rotatable bonds is 4. The van der Waals surface area contributed by atoms with Crippen LogP contribution in [0.1, 0.15) is 69.1 Å². The SMILES string of the molecule is CCCc1[nH]c(C2CCC(N)CC2)nc1CC. The largest absolute Gasteiger partial charge is 0.345 e. The van der Waals surface area contributed by atoms with Gasteiger partial charge in [-0.15, -0.1) is 0 Å². The fraction of sp³-hybridized carbons (Fsp3) is 0.786. The first-order chi connectivity index (χ1) is 8.24. The van der Waals surface area contributed by atoms with Crippen LogP contribution in [0.2, 0.25) is 0 Å². The Morgan fingerprint density at radius 3 is 2.53 bits per heavy atom. The van der Waals surface area contributed by atoms with Crippen molar-refractivity contribution < 1.29 is 0 Å². The molecule has 1 saturated carbocycles. The minimum Gasteiger partial charge on any atom is -0.345 e. The zero-order valence-corrected chi connectivity index (χ0v) is 11.1. The highest BCUT2D eigenvalue weighted by Crippen LogP contribution is 2.31. The molecule has 0 amide bonds. The Morgan fingerprint density at radius 1 is 1.24 bits per heavy atom. The molecule has 0 aliphatic heterocycles. The number of aromatic amines is 1. The van der Waals surface area contributed by atoms with Gasteiger partial charge in [-0.05, 0) is 38.5 Å². The lowest BCUT2D eigenvalue weighted by atomic mass is 9.86. The number of nitrogens with zero attached hydrogens (tertiary/aromatic N) is 1. The smallest absolute Gasteiger partial charge is 0.109 e. The predicted molar refractivity (Wildman–Crippen MR) is 71.1 cm³/mol. The second-order valence-corrected chi connectivity index (χ2v) is 5.26. The summed E-state index contributed by atoms with van der Waals surface area (Å²) in [5, 5.41) is 0. The number of H-pyrrole nitrogens is 1. The van der Waals surface area contributed by atoms with Crippen molar-refractivity contribution in [3.8, 4) is 0 Å². The van der Waals surface area contributed by atoms with Gasteiger partial charge >= 0.3 is 0 Å². The first-order valence-electron chi connectivity index (χ1n) is 7.07. The summed E-state index contributed by atoms with van der Waals surface area (Å²) in [5.41, 5.74) is 8.59. The zero-order chi connectivity index (χ0) is 12.3. The van der Waals surface area contributed by atoms with Gasteiger partial charge in [-0.2, -0.15) is 0 Å². The van der Waals surface area contributed by atoms with Gasteiger partial charge in [-0.25, -0.2) is 4.98 Å². The van der Waals surface area contributed by atoms with Crippen LogP contribution in [-0.4, -0.2) is 16.0 Å². The number of imidazole rings is 1. The van der Waals surface area contributed by atoms with E-state index in [-0.39, 0.29) is 0 Å². The van der Waals surface area contributed by atoms with Crippen molar-refractivity contribution in [3.63, 3.8) is 0 Å². The maximum Gasteiger partial charge on any atom is 0.109 e. The summed E-state index contributed by atoms with van der Waals surface area (Å²) in [5.74, 6) is 1.84. The molecule has 17 heavy (non-hydrogen) atoms. The number of aryl methyl sites for hydroxylation is 2. The topological polar surface area (TPSA) is 54.7 Å². The van der Waals surface area contributed by atoms with Crippen LogP contribution in [0.4, 0.5) is 0 Å². The Hall–Kier alpha value is -0.830. The molecule has 2 rings (SSSR count). The lowest BCUT2D eigenvalue weighted by Gasteiger charge is -2.24. The quantitative estimate of drug-likeness (QED) is 0.843. The molecule has 0 saturated heterocycles. The van der Waals surface area contributed by atoms with Crippen LogP contribution in [0.3, 0.4) is 0 Å². The summed E-state index contributed by atoms with van der Waals surface area (Å²) in [6.45, 7) is 4.41. The van der Waals surface area contributed by atoms with Gasteiger partial charge in [-0.1, -0.05) is 20.3 Å². The van der Waals surface area contributed by atoms with Crippen molar-refractivity contribution >= 4 is 0 Å². The molecular weight excluding hydrogens is 210 g/mol. The Morgan fingerprint density at radius 2 is 1.94 bits per heavy atom. The molecule has 0 aromatic carbocycles. The normalized spacial score (nSPS) is 25.1. The van der Waals surface area contributed by atoms with Gasteiger partial charge < -0.3 is 10.7 Å². The number of nitrogens with one attached hydrogen (secondary N) is 1. The summed E-state index contributed by atoms with van der Waals surface area (Å²) >= 11 is 0. The second kappa shape index (κ2) is 5.67. The standard InChI is InChI=1S/C14H25N3/c1-3-5-13-12(4-2)16-14(17-13)10-6-8-11(15)9-7-10/h10-11H,3-9,15H2,1-2H3,(H,16,17). The van der Waals surface area contributed by atoms with Crippen LogP contribution in [0.5, 0.6) is 0 Å². The van der Waals surface area contributed by atoms with Gasteiger partial charge in [0.15, 0.2) is 0 Å². The van der Waals surface area contributed by atoms with E-state index in [0.29, 0.717) is 12.0 Å². The Kier molecular flexibility index (Phi) is 4.21. The fourth-order valence-electron chi connectivity index (χ4n) is 2.80. The fourth-order valence-corrected chi connectivity index (χ4v) is 2.80. The van der Waals surface area contributed by atoms with Gasteiger partial charge in [0.25, 0.3) is 0 Å². The molecule has 1 heterocycles. The Bertz CT molecular complexity index is 348. The van der Waals surface area contributed by atoms with E-state index in [1.807, 2.05) is 0 Å². The van der Waals surface area contributed by atoms with Gasteiger partial charge in [0.05, 0.1) is 5.69 Å². The predicted octanol–water partition coefficient (Wildman–Crippen LogP) is 2.91. The maximum atomic E-state index is 5.95. The van der Waals surface area contributed by atoms with Gasteiger partial charge in [0.2, 0.25) is 0 Å². The molecular formula is C14H25N3. The first kappa shape index (κ1) is 12.6. The summed E-state index contributed by atoms with van der Waals surface area (Å²) in [4.78, 5) is 8.37. The van der Waals surface area contributed by atoms with E-state index < -0.39 is 0 Å². The average Bonchev–Trinajstić information content (AvgIpc) is 2.74. The lowest BCUT2D eigenvalue weighted by molar-refractivity contribution is 0.386. The van der Waals surface area contributed by atoms with E-state index in [2.05, 4.69) is 18.8 Å². The van der Waals surface area contributed by atoms with Crippen molar-refractivity contribution in [2.75, 3.05) is 0 Å². The van der Waals surface area contributed by atoms with Crippen molar-refractivity contribution in [3.05, 3.63) is 17.2 Å². The molecule has 3 heteroatoms. The van der Waals surface area contributed by atoms with Crippen LogP contribution in [0.25, 0.3) is 0 Å². The van der Waals surface area contributed by atoms with Gasteiger partial charge in [-0.3, -0.25) is 0 Å². The van der Waals surface area contributed by atoms with Crippen molar-refractivity contribution in [1.82, 2.24) is 9.97 Å². The average molecular weight is 235 g/mol. The molecule has 0 spiro atoms. The molecule has 1 aromatic heterocycles. The summed E-state index contributed by atoms with van der Waals surface area (Å²) in [6.07, 6.45) is 8.04. The number of hydrogen-bond acceptors (Lipinski definition) is 2. The van der Waals surface area contributed by atoms with Crippen molar-refractivity contribution in [2.45, 2.75) is 70.8 Å². The van der Waals surface area contributed by atoms with E-state index in [1.54, 1.807) is 0 Å². The van der Waals surface area contributed by atoms with E-state index in [4.69, 9.17) is 10.7 Å². The molecule has 0 atom stereocenters. The highest BCUT2D eigenvalue weighted by Gasteiger charge is 2.23. The Labute approximate surface area is 104 Å². The summed E-state index contributed by atoms with van der Waals surface area (Å²) in [6, 6.07) is 0.418. The molecule has 1 fully saturated rings. The van der Waals surface area contributed by atoms with E-state index in [0.717, 1.165) is 25.7 Å². The molecule has 1 aliphatic rings. The molecule has 0 unspecified atom stereocenters. The molecule has 3 N–H and O–H groups in total. The van der Waals surface area contributed by atoms with Crippen LogP contribution in [0, 0.1) is 0 Å². The third-order valence-corrected chi connectivity index (χ3v) is 3.88. The number of nitrogens with two attached hydrogens (primary N) is 1. The van der Waals surface area contributed by atoms with Gasteiger partial charge in [0, 0.05) is 17.7 Å². The summed E-state index contributed by atoms with van der Waals surface area (Å²) in [7, 11) is 0. The highest BCUT2D eigenvalue weighted by atomic mass is 14.9. The van der Waals surface area contributed by atoms with E-state index in [9.17, 15) is 0 Å². The highest BCUT2D eigenvalue weighted by molar-refractivity contribution is 5.17. The first-order valence-corrected chi connectivity index (χ1v) is 7.07. The molecule has 1 aliphatic carbocycles. The zero-order valence-electron chi connectivity index (χ0n) is 11.1. The van der Waals surface area contributed by atoms with Crippen LogP contribution >= 0.6 is 0 Å². The third-order valence-electron chi connectivity index (χ3n) is 3.88. The third kappa shape index (κ3) is 2.89. The minimum absolute atomic E-state index is 0.418. The number of aromatic nitrogens is 2.